The Morgan fingerprint density at radius 2 is 1.92 bits per heavy atom. The Morgan fingerprint density at radius 1 is 1.25 bits per heavy atom. The van der Waals surface area contributed by atoms with E-state index in [1.54, 1.807) is 20.8 Å². The molecule has 1 saturated heterocycles. The summed E-state index contributed by atoms with van der Waals surface area (Å²) in [5.41, 5.74) is 7.42. The van der Waals surface area contributed by atoms with Crippen molar-refractivity contribution in [2.75, 3.05) is 26.2 Å². The number of H-pyrrole nitrogens is 1. The Labute approximate surface area is 141 Å². The minimum absolute atomic E-state index is 0.111. The first-order chi connectivity index (χ1) is 11.3. The third-order valence-corrected chi connectivity index (χ3v) is 4.56. The lowest BCUT2D eigenvalue weighted by atomic mass is 9.96. The Balaban J connectivity index is 2.18. The van der Waals surface area contributed by atoms with E-state index >= 15 is 0 Å². The number of hydrogen-bond donors (Lipinski definition) is 3. The van der Waals surface area contributed by atoms with E-state index in [9.17, 15) is 14.4 Å². The molecule has 1 fully saturated rings. The lowest BCUT2D eigenvalue weighted by molar-refractivity contribution is -0.898. The molecule has 2 heterocycles. The number of ketones is 1. The van der Waals surface area contributed by atoms with Crippen molar-refractivity contribution >= 4 is 17.7 Å². The first-order valence-electron chi connectivity index (χ1n) is 8.37. The number of amides is 1. The summed E-state index contributed by atoms with van der Waals surface area (Å²) >= 11 is 0. The van der Waals surface area contributed by atoms with Crippen molar-refractivity contribution in [3.63, 3.8) is 0 Å². The minimum atomic E-state index is -0.480. The van der Waals surface area contributed by atoms with Crippen LogP contribution in [-0.2, 0) is 9.53 Å². The van der Waals surface area contributed by atoms with Gasteiger partial charge in [-0.05, 0) is 33.6 Å². The van der Waals surface area contributed by atoms with Gasteiger partial charge in [0, 0.05) is 11.4 Å². The number of rotatable bonds is 6. The van der Waals surface area contributed by atoms with Gasteiger partial charge in [-0.3, -0.25) is 9.59 Å². The van der Waals surface area contributed by atoms with Crippen LogP contribution in [-0.4, -0.2) is 48.9 Å². The average molecular weight is 336 g/mol. The Morgan fingerprint density at radius 3 is 2.54 bits per heavy atom. The fourth-order valence-corrected chi connectivity index (χ4v) is 3.46. The number of piperidine rings is 1. The van der Waals surface area contributed by atoms with Crippen molar-refractivity contribution in [2.45, 2.75) is 33.6 Å². The molecule has 7 heteroatoms. The maximum atomic E-state index is 12.8. The second kappa shape index (κ2) is 7.61. The number of nitrogens with one attached hydrogen (secondary N) is 2. The fourth-order valence-electron chi connectivity index (χ4n) is 3.46. The van der Waals surface area contributed by atoms with E-state index in [2.05, 4.69) is 4.98 Å². The second-order valence-corrected chi connectivity index (χ2v) is 6.39. The molecule has 4 N–H and O–H groups in total. The number of aryl methyl sites for hydroxylation is 2. The smallest absolute Gasteiger partial charge is 0.340 e. The van der Waals surface area contributed by atoms with Crippen molar-refractivity contribution < 1.29 is 24.0 Å². The molecule has 1 unspecified atom stereocenters. The zero-order valence-corrected chi connectivity index (χ0v) is 14.5. The summed E-state index contributed by atoms with van der Waals surface area (Å²) in [7, 11) is 0. The molecule has 0 radical (unpaired) electrons. The molecule has 2 rings (SSSR count). The van der Waals surface area contributed by atoms with Crippen LogP contribution >= 0.6 is 0 Å². The molecule has 1 aromatic heterocycles. The molecule has 1 aliphatic rings. The van der Waals surface area contributed by atoms with E-state index in [0.29, 0.717) is 29.1 Å². The SMILES string of the molecule is CCOC(=O)c1c(C)[nH]c(C)c1C(=O)C[NH+]1CCC[C@H](C(N)=O)C1. The molecule has 0 bridgehead atoms. The van der Waals surface area contributed by atoms with Crippen LogP contribution in [0, 0.1) is 19.8 Å². The number of likely N-dealkylation sites (tertiary alicyclic amines) is 1. The van der Waals surface area contributed by atoms with Gasteiger partial charge >= 0.3 is 5.97 Å². The van der Waals surface area contributed by atoms with Crippen molar-refractivity contribution in [2.24, 2.45) is 11.7 Å². The van der Waals surface area contributed by atoms with Gasteiger partial charge in [0.25, 0.3) is 0 Å². The van der Waals surface area contributed by atoms with E-state index in [1.165, 1.54) is 0 Å². The first kappa shape index (κ1) is 18.2. The van der Waals surface area contributed by atoms with E-state index in [-0.39, 0.29) is 30.8 Å². The van der Waals surface area contributed by atoms with Crippen molar-refractivity contribution in [3.05, 3.63) is 22.5 Å². The molecule has 1 amide bonds. The molecule has 2 atom stereocenters. The third-order valence-electron chi connectivity index (χ3n) is 4.56. The maximum Gasteiger partial charge on any atom is 0.340 e. The third kappa shape index (κ3) is 3.84. The van der Waals surface area contributed by atoms with Gasteiger partial charge in [0.05, 0.1) is 36.7 Å². The highest BCUT2D eigenvalue weighted by Gasteiger charge is 2.31. The zero-order chi connectivity index (χ0) is 17.9. The second-order valence-electron chi connectivity index (χ2n) is 6.39. The summed E-state index contributed by atoms with van der Waals surface area (Å²) in [6, 6.07) is 0. The summed E-state index contributed by atoms with van der Waals surface area (Å²) in [6.45, 7) is 7.16. The van der Waals surface area contributed by atoms with Crippen LogP contribution in [0.2, 0.25) is 0 Å². The van der Waals surface area contributed by atoms with Crippen molar-refractivity contribution in [1.82, 2.24) is 4.98 Å². The van der Waals surface area contributed by atoms with Gasteiger partial charge in [-0.1, -0.05) is 0 Å². The fraction of sp³-hybridized carbons (Fsp3) is 0.588. The first-order valence-corrected chi connectivity index (χ1v) is 8.37. The molecule has 0 aliphatic carbocycles. The molecule has 0 spiro atoms. The largest absolute Gasteiger partial charge is 0.462 e. The van der Waals surface area contributed by atoms with Gasteiger partial charge in [-0.25, -0.2) is 4.79 Å². The molecule has 1 aromatic rings. The maximum absolute atomic E-state index is 12.8. The highest BCUT2D eigenvalue weighted by molar-refractivity contribution is 6.08. The lowest BCUT2D eigenvalue weighted by Crippen LogP contribution is -3.14. The molecule has 24 heavy (non-hydrogen) atoms. The van der Waals surface area contributed by atoms with Crippen LogP contribution in [0.4, 0.5) is 0 Å². The average Bonchev–Trinajstić information content (AvgIpc) is 2.82. The van der Waals surface area contributed by atoms with E-state index in [4.69, 9.17) is 10.5 Å². The number of aromatic nitrogens is 1. The molecule has 132 valence electrons. The molecule has 0 aromatic carbocycles. The highest BCUT2D eigenvalue weighted by atomic mass is 16.5. The summed E-state index contributed by atoms with van der Waals surface area (Å²) in [4.78, 5) is 40.4. The highest BCUT2D eigenvalue weighted by Crippen LogP contribution is 2.20. The van der Waals surface area contributed by atoms with Gasteiger partial charge in [0.2, 0.25) is 11.7 Å². The van der Waals surface area contributed by atoms with Crippen LogP contribution in [0.5, 0.6) is 0 Å². The summed E-state index contributed by atoms with van der Waals surface area (Å²) in [5, 5.41) is 0. The molecule has 0 saturated carbocycles. The number of carbonyl (C=O) groups excluding carboxylic acids is 3. The predicted molar refractivity (Wildman–Crippen MR) is 88.0 cm³/mol. The lowest BCUT2D eigenvalue weighted by Gasteiger charge is -2.27. The van der Waals surface area contributed by atoms with Gasteiger partial charge in [-0.15, -0.1) is 0 Å². The van der Waals surface area contributed by atoms with Crippen molar-refractivity contribution in [1.29, 1.82) is 0 Å². The van der Waals surface area contributed by atoms with E-state index in [1.807, 2.05) is 0 Å². The Bertz CT molecular complexity index is 651. The summed E-state index contributed by atoms with van der Waals surface area (Å²) < 4.78 is 5.07. The number of quaternary nitrogens is 1. The monoisotopic (exact) mass is 336 g/mol. The summed E-state index contributed by atoms with van der Waals surface area (Å²) in [6.07, 6.45) is 1.65. The minimum Gasteiger partial charge on any atom is -0.462 e. The van der Waals surface area contributed by atoms with Gasteiger partial charge in [-0.2, -0.15) is 0 Å². The Kier molecular flexibility index (Phi) is 5.77. The normalized spacial score (nSPS) is 20.6. The van der Waals surface area contributed by atoms with Crippen molar-refractivity contribution in [3.8, 4) is 0 Å². The van der Waals surface area contributed by atoms with Crippen LogP contribution in [0.15, 0.2) is 0 Å². The zero-order valence-electron chi connectivity index (χ0n) is 14.5. The standard InChI is InChI=1S/C17H25N3O4/c1-4-24-17(23)15-11(3)19-10(2)14(15)13(21)9-20-7-5-6-12(8-20)16(18)22/h12,19H,4-9H2,1-3H3,(H2,18,22)/p+1/t12-/m0/s1. The van der Waals surface area contributed by atoms with Gasteiger partial charge in [0.1, 0.15) is 6.54 Å². The van der Waals surface area contributed by atoms with Gasteiger partial charge < -0.3 is 20.4 Å². The molecule has 7 nitrogen and oxygen atoms in total. The molecular weight excluding hydrogens is 310 g/mol. The number of nitrogens with two attached hydrogens (primary N) is 1. The molecule has 1 aliphatic heterocycles. The van der Waals surface area contributed by atoms with Crippen LogP contribution in [0.25, 0.3) is 0 Å². The van der Waals surface area contributed by atoms with E-state index in [0.717, 1.165) is 24.3 Å². The number of primary amides is 1. The molecular formula is C17H26N3O4+. The number of hydrogen-bond acceptors (Lipinski definition) is 4. The van der Waals surface area contributed by atoms with Crippen LogP contribution < -0.4 is 10.6 Å². The number of Topliss-reactive ketones (excluding diaryl/α,β-unsaturated/α-hetero) is 1. The quantitative estimate of drug-likeness (QED) is 0.493. The van der Waals surface area contributed by atoms with Crippen LogP contribution in [0.3, 0.4) is 0 Å². The number of carbonyl (C=O) groups is 3. The Hall–Kier alpha value is -2.15. The topological polar surface area (TPSA) is 107 Å². The summed E-state index contributed by atoms with van der Waals surface area (Å²) in [5.74, 6) is -1.08. The number of esters is 1. The number of aromatic amines is 1. The van der Waals surface area contributed by atoms with E-state index < -0.39 is 5.97 Å². The predicted octanol–water partition coefficient (Wildman–Crippen LogP) is -0.229. The number of ether oxygens (including phenoxy) is 1. The van der Waals surface area contributed by atoms with Crippen LogP contribution in [0.1, 0.15) is 51.9 Å². The van der Waals surface area contributed by atoms with Gasteiger partial charge in [0.15, 0.2) is 0 Å².